The second-order valence-electron chi connectivity index (χ2n) is 7.33. The molecule has 1 saturated heterocycles. The van der Waals surface area contributed by atoms with Gasteiger partial charge in [0.1, 0.15) is 0 Å². The molecule has 1 amide bonds. The van der Waals surface area contributed by atoms with Crippen LogP contribution in [0.25, 0.3) is 22.2 Å². The normalized spacial score (nSPS) is 14.4. The van der Waals surface area contributed by atoms with E-state index in [4.69, 9.17) is 26.6 Å². The number of nitrogens with zero attached hydrogens (tertiary/aromatic N) is 3. The second-order valence-corrected chi connectivity index (χ2v) is 7.77. The van der Waals surface area contributed by atoms with Gasteiger partial charge < -0.3 is 9.64 Å². The van der Waals surface area contributed by atoms with Gasteiger partial charge >= 0.3 is 0 Å². The van der Waals surface area contributed by atoms with Crippen LogP contribution < -0.4 is 0 Å². The number of hydrogen-bond acceptors (Lipinski definition) is 4. The van der Waals surface area contributed by atoms with Crippen molar-refractivity contribution >= 4 is 28.4 Å². The van der Waals surface area contributed by atoms with Gasteiger partial charge in [-0.25, -0.2) is 4.98 Å². The summed E-state index contributed by atoms with van der Waals surface area (Å²) >= 11 is 6.03. The summed E-state index contributed by atoms with van der Waals surface area (Å²) in [5.41, 5.74) is 2.99. The highest BCUT2D eigenvalue weighted by Crippen LogP contribution is 2.28. The molecule has 0 spiro atoms. The van der Waals surface area contributed by atoms with Crippen molar-refractivity contribution < 1.29 is 9.53 Å². The van der Waals surface area contributed by atoms with Crippen LogP contribution in [-0.2, 0) is 4.74 Å². The van der Waals surface area contributed by atoms with Gasteiger partial charge in [-0.2, -0.15) is 5.26 Å². The van der Waals surface area contributed by atoms with Crippen molar-refractivity contribution in [3.63, 3.8) is 0 Å². The molecule has 1 aromatic heterocycles. The van der Waals surface area contributed by atoms with Gasteiger partial charge in [-0.1, -0.05) is 41.9 Å². The largest absolute Gasteiger partial charge is 0.381 e. The molecule has 0 N–H and O–H groups in total. The van der Waals surface area contributed by atoms with E-state index in [-0.39, 0.29) is 11.9 Å². The minimum Gasteiger partial charge on any atom is -0.381 e. The van der Waals surface area contributed by atoms with E-state index in [9.17, 15) is 4.79 Å². The van der Waals surface area contributed by atoms with Crippen LogP contribution in [-0.4, -0.2) is 41.6 Å². The van der Waals surface area contributed by atoms with Crippen molar-refractivity contribution in [1.82, 2.24) is 9.88 Å². The van der Waals surface area contributed by atoms with Crippen LogP contribution in [0, 0.1) is 11.3 Å². The number of halogens is 1. The highest BCUT2D eigenvalue weighted by molar-refractivity contribution is 6.30. The van der Waals surface area contributed by atoms with E-state index < -0.39 is 0 Å². The molecule has 0 atom stereocenters. The third-order valence-corrected chi connectivity index (χ3v) is 5.70. The van der Waals surface area contributed by atoms with Crippen molar-refractivity contribution in [2.45, 2.75) is 25.3 Å². The van der Waals surface area contributed by atoms with Gasteiger partial charge in [0.2, 0.25) is 0 Å². The van der Waals surface area contributed by atoms with Crippen molar-refractivity contribution in [3.8, 4) is 17.3 Å². The Morgan fingerprint density at radius 2 is 1.90 bits per heavy atom. The highest BCUT2D eigenvalue weighted by Gasteiger charge is 2.28. The first kappa shape index (κ1) is 20.3. The Bertz CT molecular complexity index is 1090. The van der Waals surface area contributed by atoms with Crippen LogP contribution in [0.3, 0.4) is 0 Å². The lowest BCUT2D eigenvalue weighted by Crippen LogP contribution is -2.44. The highest BCUT2D eigenvalue weighted by atomic mass is 35.5. The fourth-order valence-electron chi connectivity index (χ4n) is 3.89. The quantitative estimate of drug-likeness (QED) is 0.577. The van der Waals surface area contributed by atoms with Gasteiger partial charge in [0.25, 0.3) is 5.91 Å². The minimum atomic E-state index is -0.0639. The third kappa shape index (κ3) is 4.30. The zero-order valence-electron chi connectivity index (χ0n) is 16.6. The van der Waals surface area contributed by atoms with Crippen LogP contribution in [0.2, 0.25) is 5.02 Å². The number of carbonyl (C=O) groups is 1. The first-order valence-corrected chi connectivity index (χ1v) is 10.5. The molecule has 2 heterocycles. The molecule has 1 aliphatic rings. The number of nitriles is 1. The molecule has 0 bridgehead atoms. The SMILES string of the molecule is N#CCCN(C(=O)c1cc(-c2ccc(Cl)cc2)nc2ccccc12)C1CCOCC1. The molecule has 0 saturated carbocycles. The summed E-state index contributed by atoms with van der Waals surface area (Å²) in [4.78, 5) is 20.3. The average Bonchev–Trinajstić information content (AvgIpc) is 2.79. The number of aromatic nitrogens is 1. The van der Waals surface area contributed by atoms with Gasteiger partial charge in [-0.15, -0.1) is 0 Å². The van der Waals surface area contributed by atoms with E-state index in [2.05, 4.69) is 6.07 Å². The Balaban J connectivity index is 1.79. The summed E-state index contributed by atoms with van der Waals surface area (Å²) in [7, 11) is 0. The number of carbonyl (C=O) groups excluding carboxylic acids is 1. The van der Waals surface area contributed by atoms with Crippen LogP contribution in [0.5, 0.6) is 0 Å². The van der Waals surface area contributed by atoms with Crippen LogP contribution in [0.1, 0.15) is 29.6 Å². The van der Waals surface area contributed by atoms with Crippen molar-refractivity contribution in [1.29, 1.82) is 5.26 Å². The topological polar surface area (TPSA) is 66.2 Å². The molecule has 5 nitrogen and oxygen atoms in total. The predicted octanol–water partition coefficient (Wildman–Crippen LogP) is 5.09. The number of pyridine rings is 1. The molecule has 3 aromatic rings. The van der Waals surface area contributed by atoms with Gasteiger partial charge in [-0.05, 0) is 37.1 Å². The fraction of sp³-hybridized carbons (Fsp3) is 0.292. The fourth-order valence-corrected chi connectivity index (χ4v) is 4.02. The maximum atomic E-state index is 13.7. The van der Waals surface area contributed by atoms with E-state index in [0.717, 1.165) is 35.0 Å². The maximum absolute atomic E-state index is 13.7. The number of fused-ring (bicyclic) bond motifs is 1. The standard InChI is InChI=1S/C24H22ClN3O2/c25-18-8-6-17(7-9-18)23-16-21(20-4-1-2-5-22(20)27-23)24(29)28(13-3-12-26)19-10-14-30-15-11-19/h1-2,4-9,16,19H,3,10-11,13-15H2. The lowest BCUT2D eigenvalue weighted by atomic mass is 10.0. The van der Waals surface area contributed by atoms with Crippen LogP contribution >= 0.6 is 11.6 Å². The van der Waals surface area contributed by atoms with E-state index in [1.807, 2.05) is 59.5 Å². The summed E-state index contributed by atoms with van der Waals surface area (Å²) in [5, 5.41) is 10.6. The average molecular weight is 420 g/mol. The van der Waals surface area contributed by atoms with E-state index in [1.54, 1.807) is 0 Å². The summed E-state index contributed by atoms with van der Waals surface area (Å²) in [6, 6.07) is 19.2. The Morgan fingerprint density at radius 3 is 2.63 bits per heavy atom. The molecule has 0 unspecified atom stereocenters. The Hall–Kier alpha value is -2.94. The first-order valence-electron chi connectivity index (χ1n) is 10.1. The van der Waals surface area contributed by atoms with E-state index in [0.29, 0.717) is 36.8 Å². The first-order chi connectivity index (χ1) is 14.7. The molecule has 30 heavy (non-hydrogen) atoms. The van der Waals surface area contributed by atoms with Crippen molar-refractivity contribution in [3.05, 3.63) is 65.2 Å². The zero-order chi connectivity index (χ0) is 20.9. The smallest absolute Gasteiger partial charge is 0.254 e. The lowest BCUT2D eigenvalue weighted by molar-refractivity contribution is 0.0297. The third-order valence-electron chi connectivity index (χ3n) is 5.44. The number of hydrogen-bond donors (Lipinski definition) is 0. The number of ether oxygens (including phenoxy) is 1. The molecule has 152 valence electrons. The maximum Gasteiger partial charge on any atom is 0.254 e. The monoisotopic (exact) mass is 419 g/mol. The van der Waals surface area contributed by atoms with E-state index >= 15 is 0 Å². The zero-order valence-corrected chi connectivity index (χ0v) is 17.3. The molecular formula is C24H22ClN3O2. The summed E-state index contributed by atoms with van der Waals surface area (Å²) in [5.74, 6) is -0.0639. The summed E-state index contributed by atoms with van der Waals surface area (Å²) in [6.07, 6.45) is 1.87. The number of amides is 1. The molecular weight excluding hydrogens is 398 g/mol. The number of para-hydroxylation sites is 1. The summed E-state index contributed by atoms with van der Waals surface area (Å²) < 4.78 is 5.47. The van der Waals surface area contributed by atoms with Gasteiger partial charge in [0.15, 0.2) is 0 Å². The van der Waals surface area contributed by atoms with Crippen LogP contribution in [0.4, 0.5) is 0 Å². The van der Waals surface area contributed by atoms with Gasteiger partial charge in [0.05, 0.1) is 29.3 Å². The lowest BCUT2D eigenvalue weighted by Gasteiger charge is -2.34. The van der Waals surface area contributed by atoms with Crippen LogP contribution in [0.15, 0.2) is 54.6 Å². The van der Waals surface area contributed by atoms with Gasteiger partial charge in [0, 0.05) is 41.8 Å². The molecule has 6 heteroatoms. The Labute approximate surface area is 180 Å². The molecule has 0 radical (unpaired) electrons. The summed E-state index contributed by atoms with van der Waals surface area (Å²) in [6.45, 7) is 1.68. The Kier molecular flexibility index (Phi) is 6.27. The van der Waals surface area contributed by atoms with Crippen molar-refractivity contribution in [2.24, 2.45) is 0 Å². The second kappa shape index (κ2) is 9.25. The molecule has 4 rings (SSSR count). The molecule has 1 aliphatic heterocycles. The minimum absolute atomic E-state index is 0.0639. The van der Waals surface area contributed by atoms with Gasteiger partial charge in [-0.3, -0.25) is 4.79 Å². The molecule has 2 aromatic carbocycles. The van der Waals surface area contributed by atoms with Crippen molar-refractivity contribution in [2.75, 3.05) is 19.8 Å². The van der Waals surface area contributed by atoms with E-state index in [1.165, 1.54) is 0 Å². The Morgan fingerprint density at radius 1 is 1.17 bits per heavy atom. The predicted molar refractivity (Wildman–Crippen MR) is 117 cm³/mol. The number of benzene rings is 2. The number of rotatable bonds is 5. The molecule has 0 aliphatic carbocycles. The molecule has 1 fully saturated rings.